The predicted molar refractivity (Wildman–Crippen MR) is 141 cm³/mol. The first-order valence-corrected chi connectivity index (χ1v) is 12.2. The molecule has 2 aliphatic heterocycles. The van der Waals surface area contributed by atoms with Gasteiger partial charge in [0.05, 0.1) is 51.4 Å². The second-order valence-corrected chi connectivity index (χ2v) is 9.30. The fourth-order valence-electron chi connectivity index (χ4n) is 4.83. The van der Waals surface area contributed by atoms with Crippen LogP contribution in [0.5, 0.6) is 0 Å². The standard InChI is InChI=1S/C29H27FN6/c1-35-15-12-21(13-16-35)32-26-18-29-27(17-25(26)33-22-5-4-14-31-19-22)34-24-6-2-3-7-28(24)36(29)23-10-8-20(30)9-11-23/h2-11,14,17-19,21,33H,12-13,15-16H2,1H3/b32-26+. The first kappa shape index (κ1) is 22.4. The molecular weight excluding hydrogens is 451 g/mol. The van der Waals surface area contributed by atoms with Crippen LogP contribution in [-0.4, -0.2) is 45.6 Å². The summed E-state index contributed by atoms with van der Waals surface area (Å²) in [7, 11) is 2.16. The lowest BCUT2D eigenvalue weighted by Gasteiger charge is -2.26. The molecule has 1 aromatic heterocycles. The Bertz CT molecular complexity index is 1540. The minimum absolute atomic E-state index is 0.251. The lowest BCUT2D eigenvalue weighted by molar-refractivity contribution is 0.255. The van der Waals surface area contributed by atoms with Crippen LogP contribution in [0.1, 0.15) is 12.8 Å². The Balaban J connectivity index is 1.60. The monoisotopic (exact) mass is 478 g/mol. The van der Waals surface area contributed by atoms with Gasteiger partial charge in [0.25, 0.3) is 0 Å². The molecule has 6 rings (SSSR count). The second-order valence-electron chi connectivity index (χ2n) is 9.30. The summed E-state index contributed by atoms with van der Waals surface area (Å²) in [6, 6.07) is 22.9. The van der Waals surface area contributed by atoms with Crippen LogP contribution >= 0.6 is 0 Å². The van der Waals surface area contributed by atoms with E-state index in [2.05, 4.69) is 38.9 Å². The van der Waals surface area contributed by atoms with Crippen molar-refractivity contribution in [1.29, 1.82) is 0 Å². The van der Waals surface area contributed by atoms with Gasteiger partial charge < -0.3 is 14.8 Å². The van der Waals surface area contributed by atoms with E-state index in [-0.39, 0.29) is 11.9 Å². The molecule has 0 radical (unpaired) electrons. The van der Waals surface area contributed by atoms with E-state index in [1.54, 1.807) is 24.5 Å². The number of piperidine rings is 1. The van der Waals surface area contributed by atoms with Crippen molar-refractivity contribution in [2.24, 2.45) is 4.99 Å². The van der Waals surface area contributed by atoms with Crippen molar-refractivity contribution in [2.45, 2.75) is 18.9 Å². The molecular formula is C29H27FN6. The van der Waals surface area contributed by atoms with Crippen molar-refractivity contribution in [2.75, 3.05) is 25.5 Å². The Kier molecular flexibility index (Phi) is 5.91. The summed E-state index contributed by atoms with van der Waals surface area (Å²) in [5.74, 6) is -0.261. The van der Waals surface area contributed by atoms with Gasteiger partial charge in [0.2, 0.25) is 0 Å². The van der Waals surface area contributed by atoms with E-state index in [4.69, 9.17) is 9.98 Å². The number of halogens is 1. The Labute approximate surface area is 209 Å². The lowest BCUT2D eigenvalue weighted by Crippen LogP contribution is -2.33. The number of aromatic nitrogens is 3. The predicted octanol–water partition coefficient (Wildman–Crippen LogP) is 5.40. The number of nitrogens with one attached hydrogen (secondary N) is 1. The Hall–Kier alpha value is -4.10. The number of likely N-dealkylation sites (tertiary alicyclic amines) is 1. The van der Waals surface area contributed by atoms with Crippen LogP contribution in [0, 0.1) is 5.82 Å². The van der Waals surface area contributed by atoms with Crippen molar-refractivity contribution >= 4 is 22.4 Å². The van der Waals surface area contributed by atoms with Gasteiger partial charge in [-0.05, 0) is 93.6 Å². The summed E-state index contributed by atoms with van der Waals surface area (Å²) in [5.41, 5.74) is 6.22. The summed E-state index contributed by atoms with van der Waals surface area (Å²) >= 11 is 0. The molecule has 0 saturated carbocycles. The summed E-state index contributed by atoms with van der Waals surface area (Å²) < 4.78 is 15.9. The fraction of sp³-hybridized carbons (Fsp3) is 0.207. The van der Waals surface area contributed by atoms with E-state index < -0.39 is 0 Å². The Morgan fingerprint density at radius 2 is 1.78 bits per heavy atom. The Morgan fingerprint density at radius 3 is 2.56 bits per heavy atom. The van der Waals surface area contributed by atoms with Crippen LogP contribution in [0.3, 0.4) is 0 Å². The molecule has 1 fully saturated rings. The molecule has 6 nitrogen and oxygen atoms in total. The highest BCUT2D eigenvalue weighted by Gasteiger charge is 2.19. The SMILES string of the molecule is CN1CCC(/N=c2\cc3n(-c4ccc(F)cc4)c4ccccc4nc-3cc2Nc2cccnc2)CC1. The maximum atomic E-state index is 13.8. The van der Waals surface area contributed by atoms with Gasteiger partial charge in [-0.1, -0.05) is 12.1 Å². The highest BCUT2D eigenvalue weighted by Crippen LogP contribution is 2.30. The zero-order valence-corrected chi connectivity index (χ0v) is 20.1. The van der Waals surface area contributed by atoms with Crippen molar-refractivity contribution in [3.05, 3.63) is 96.4 Å². The van der Waals surface area contributed by atoms with Crippen LogP contribution in [0.25, 0.3) is 28.1 Å². The van der Waals surface area contributed by atoms with Crippen LogP contribution < -0.4 is 10.7 Å². The van der Waals surface area contributed by atoms with Gasteiger partial charge in [-0.25, -0.2) is 9.37 Å². The van der Waals surface area contributed by atoms with Crippen molar-refractivity contribution in [3.8, 4) is 17.1 Å². The molecule has 1 aliphatic carbocycles. The number of hydrogen-bond acceptors (Lipinski definition) is 5. The molecule has 0 unspecified atom stereocenters. The van der Waals surface area contributed by atoms with E-state index in [1.165, 1.54) is 12.1 Å². The molecule has 2 aromatic carbocycles. The molecule has 3 aliphatic rings. The van der Waals surface area contributed by atoms with Gasteiger partial charge in [0.15, 0.2) is 0 Å². The van der Waals surface area contributed by atoms with Gasteiger partial charge >= 0.3 is 0 Å². The number of fused-ring (bicyclic) bond motifs is 2. The number of pyridine rings is 1. The minimum atomic E-state index is -0.261. The smallest absolute Gasteiger partial charge is 0.123 e. The van der Waals surface area contributed by atoms with Crippen LogP contribution in [0.2, 0.25) is 0 Å². The zero-order valence-electron chi connectivity index (χ0n) is 20.1. The van der Waals surface area contributed by atoms with Crippen LogP contribution in [0.4, 0.5) is 15.8 Å². The fourth-order valence-corrected chi connectivity index (χ4v) is 4.83. The number of anilines is 2. The van der Waals surface area contributed by atoms with Gasteiger partial charge in [0, 0.05) is 11.9 Å². The minimum Gasteiger partial charge on any atom is -0.352 e. The third-order valence-corrected chi connectivity index (χ3v) is 6.73. The zero-order chi connectivity index (χ0) is 24.5. The maximum absolute atomic E-state index is 13.8. The third-order valence-electron chi connectivity index (χ3n) is 6.73. The van der Waals surface area contributed by atoms with Gasteiger partial charge in [0.1, 0.15) is 5.82 Å². The number of nitrogens with zero attached hydrogens (tertiary/aromatic N) is 5. The summed E-state index contributed by atoms with van der Waals surface area (Å²) in [4.78, 5) is 16.8. The average Bonchev–Trinajstić information content (AvgIpc) is 2.90. The third kappa shape index (κ3) is 4.45. The summed E-state index contributed by atoms with van der Waals surface area (Å²) in [6.07, 6.45) is 5.61. The molecule has 0 spiro atoms. The van der Waals surface area contributed by atoms with Gasteiger partial charge in [-0.15, -0.1) is 0 Å². The summed E-state index contributed by atoms with van der Waals surface area (Å²) in [6.45, 7) is 2.07. The van der Waals surface area contributed by atoms with Crippen molar-refractivity contribution in [3.63, 3.8) is 0 Å². The molecule has 3 heterocycles. The quantitative estimate of drug-likeness (QED) is 0.351. The van der Waals surface area contributed by atoms with Crippen LogP contribution in [0.15, 0.2) is 90.2 Å². The van der Waals surface area contributed by atoms with E-state index in [0.29, 0.717) is 0 Å². The normalized spacial score (nSPS) is 15.6. The molecule has 1 N–H and O–H groups in total. The van der Waals surface area contributed by atoms with E-state index in [9.17, 15) is 4.39 Å². The highest BCUT2D eigenvalue weighted by atomic mass is 19.1. The van der Waals surface area contributed by atoms with Crippen molar-refractivity contribution < 1.29 is 4.39 Å². The topological polar surface area (TPSA) is 58.3 Å². The van der Waals surface area contributed by atoms with E-state index in [1.807, 2.05) is 36.4 Å². The molecule has 7 heteroatoms. The summed E-state index contributed by atoms with van der Waals surface area (Å²) in [5, 5.41) is 4.40. The van der Waals surface area contributed by atoms with Gasteiger partial charge in [-0.3, -0.25) is 9.98 Å². The number of benzene rings is 3. The lowest BCUT2D eigenvalue weighted by atomic mass is 10.1. The van der Waals surface area contributed by atoms with Crippen LogP contribution in [-0.2, 0) is 0 Å². The second kappa shape index (κ2) is 9.51. The molecule has 3 aromatic rings. The molecule has 0 bridgehead atoms. The Morgan fingerprint density at radius 1 is 0.972 bits per heavy atom. The molecule has 36 heavy (non-hydrogen) atoms. The first-order valence-electron chi connectivity index (χ1n) is 12.2. The van der Waals surface area contributed by atoms with E-state index in [0.717, 1.165) is 70.8 Å². The number of hydrogen-bond donors (Lipinski definition) is 1. The number of rotatable bonds is 4. The van der Waals surface area contributed by atoms with Crippen molar-refractivity contribution in [1.82, 2.24) is 19.4 Å². The molecule has 180 valence electrons. The largest absolute Gasteiger partial charge is 0.352 e. The molecule has 0 amide bonds. The molecule has 0 atom stereocenters. The number of para-hydroxylation sites is 2. The average molecular weight is 479 g/mol. The maximum Gasteiger partial charge on any atom is 0.123 e. The first-order chi connectivity index (χ1) is 17.6. The highest BCUT2D eigenvalue weighted by molar-refractivity contribution is 5.84. The molecule has 1 saturated heterocycles. The van der Waals surface area contributed by atoms with Gasteiger partial charge in [-0.2, -0.15) is 0 Å². The van der Waals surface area contributed by atoms with E-state index >= 15 is 0 Å².